The van der Waals surface area contributed by atoms with Crippen molar-refractivity contribution in [3.05, 3.63) is 36.7 Å². The number of anilines is 1. The number of hydrogen-bond acceptors (Lipinski definition) is 4. The molecule has 0 unspecified atom stereocenters. The molecule has 0 aliphatic carbocycles. The van der Waals surface area contributed by atoms with Crippen molar-refractivity contribution in [2.24, 2.45) is 0 Å². The Morgan fingerprint density at radius 1 is 1.10 bits per heavy atom. The second-order valence-electron chi connectivity index (χ2n) is 5.22. The fraction of sp³-hybridized carbons (Fsp3) is 0.467. The van der Waals surface area contributed by atoms with Gasteiger partial charge in [-0.1, -0.05) is 6.92 Å². The van der Waals surface area contributed by atoms with Crippen LogP contribution in [0.25, 0.3) is 5.69 Å². The summed E-state index contributed by atoms with van der Waals surface area (Å²) < 4.78 is 0. The summed E-state index contributed by atoms with van der Waals surface area (Å²) in [5.41, 5.74) is 2.16. The van der Waals surface area contributed by atoms with Crippen molar-refractivity contribution in [3.8, 4) is 5.69 Å². The van der Waals surface area contributed by atoms with Crippen LogP contribution in [-0.4, -0.2) is 45.6 Å². The Kier molecular flexibility index (Phi) is 3.97. The highest BCUT2D eigenvalue weighted by Gasteiger charge is 2.17. The van der Waals surface area contributed by atoms with Gasteiger partial charge >= 0.3 is 0 Å². The van der Waals surface area contributed by atoms with Crippen LogP contribution in [0.15, 0.2) is 36.7 Å². The molecule has 1 aromatic heterocycles. The van der Waals surface area contributed by atoms with Crippen molar-refractivity contribution in [1.29, 1.82) is 0 Å². The molecule has 1 N–H and O–H groups in total. The number of aromatic nitrogens is 3. The summed E-state index contributed by atoms with van der Waals surface area (Å²) in [6.07, 6.45) is 5.81. The zero-order valence-electron chi connectivity index (χ0n) is 11.9. The average Bonchev–Trinajstić information content (AvgIpc) is 3.03. The van der Waals surface area contributed by atoms with Crippen LogP contribution in [0.1, 0.15) is 19.8 Å². The minimum absolute atomic E-state index is 0.589. The monoisotopic (exact) mass is 271 g/mol. The zero-order valence-corrected chi connectivity index (χ0v) is 11.9. The fourth-order valence-corrected chi connectivity index (χ4v) is 2.67. The Morgan fingerprint density at radius 3 is 2.35 bits per heavy atom. The second-order valence-corrected chi connectivity index (χ2v) is 5.22. The first-order valence-corrected chi connectivity index (χ1v) is 7.31. The van der Waals surface area contributed by atoms with E-state index in [2.05, 4.69) is 39.5 Å². The molecule has 1 aliphatic heterocycles. The largest absolute Gasteiger partial charge is 0.382 e. The van der Waals surface area contributed by atoms with Gasteiger partial charge in [-0.05, 0) is 43.7 Å². The smallest absolute Gasteiger partial charge is 0.0858 e. The van der Waals surface area contributed by atoms with Gasteiger partial charge < -0.3 is 10.2 Å². The SMILES string of the molecule is CCN1CCC(Nc2ccc(-n3nccn3)cc2)CC1. The van der Waals surface area contributed by atoms with Gasteiger partial charge in [0.15, 0.2) is 0 Å². The van der Waals surface area contributed by atoms with Crippen LogP contribution in [0.3, 0.4) is 0 Å². The maximum Gasteiger partial charge on any atom is 0.0858 e. The van der Waals surface area contributed by atoms with E-state index in [0.717, 1.165) is 12.2 Å². The number of benzene rings is 1. The predicted molar refractivity (Wildman–Crippen MR) is 80.1 cm³/mol. The van der Waals surface area contributed by atoms with Crippen molar-refractivity contribution < 1.29 is 0 Å². The minimum Gasteiger partial charge on any atom is -0.382 e. The van der Waals surface area contributed by atoms with Crippen molar-refractivity contribution in [2.75, 3.05) is 25.0 Å². The highest BCUT2D eigenvalue weighted by Crippen LogP contribution is 2.17. The molecule has 2 aromatic rings. The molecule has 5 nitrogen and oxygen atoms in total. The van der Waals surface area contributed by atoms with E-state index in [1.54, 1.807) is 17.2 Å². The quantitative estimate of drug-likeness (QED) is 0.925. The Bertz CT molecular complexity index is 512. The van der Waals surface area contributed by atoms with E-state index in [1.165, 1.54) is 31.6 Å². The number of nitrogens with zero attached hydrogens (tertiary/aromatic N) is 4. The summed E-state index contributed by atoms with van der Waals surface area (Å²) in [6.45, 7) is 5.79. The van der Waals surface area contributed by atoms with E-state index in [1.807, 2.05) is 12.1 Å². The third kappa shape index (κ3) is 2.99. The molecule has 3 rings (SSSR count). The van der Waals surface area contributed by atoms with Gasteiger partial charge in [0, 0.05) is 24.8 Å². The van der Waals surface area contributed by atoms with Crippen LogP contribution in [0, 0.1) is 0 Å². The average molecular weight is 271 g/mol. The summed E-state index contributed by atoms with van der Waals surface area (Å²) in [6, 6.07) is 8.88. The third-order valence-corrected chi connectivity index (χ3v) is 3.92. The molecule has 2 heterocycles. The number of nitrogens with one attached hydrogen (secondary N) is 1. The first-order chi connectivity index (χ1) is 9.85. The molecule has 5 heteroatoms. The molecule has 106 valence electrons. The van der Waals surface area contributed by atoms with E-state index in [-0.39, 0.29) is 0 Å². The summed E-state index contributed by atoms with van der Waals surface area (Å²) in [7, 11) is 0. The van der Waals surface area contributed by atoms with E-state index in [9.17, 15) is 0 Å². The van der Waals surface area contributed by atoms with Gasteiger partial charge in [0.2, 0.25) is 0 Å². The lowest BCUT2D eigenvalue weighted by Gasteiger charge is -2.32. The summed E-state index contributed by atoms with van der Waals surface area (Å²) in [5, 5.41) is 11.9. The zero-order chi connectivity index (χ0) is 13.8. The molecule has 0 bridgehead atoms. The maximum absolute atomic E-state index is 4.13. The van der Waals surface area contributed by atoms with Crippen molar-refractivity contribution in [1.82, 2.24) is 19.9 Å². The highest BCUT2D eigenvalue weighted by atomic mass is 15.5. The van der Waals surface area contributed by atoms with Gasteiger partial charge in [-0.15, -0.1) is 0 Å². The number of piperidine rings is 1. The molecule has 0 spiro atoms. The molecular weight excluding hydrogens is 250 g/mol. The van der Waals surface area contributed by atoms with Crippen LogP contribution in [0.5, 0.6) is 0 Å². The van der Waals surface area contributed by atoms with Gasteiger partial charge in [-0.3, -0.25) is 0 Å². The van der Waals surface area contributed by atoms with Crippen LogP contribution >= 0.6 is 0 Å². The van der Waals surface area contributed by atoms with Crippen molar-refractivity contribution in [3.63, 3.8) is 0 Å². The lowest BCUT2D eigenvalue weighted by Crippen LogP contribution is -2.38. The Hall–Kier alpha value is -1.88. The van der Waals surface area contributed by atoms with Gasteiger partial charge in [-0.25, -0.2) is 0 Å². The Labute approximate surface area is 119 Å². The first kappa shape index (κ1) is 13.1. The number of hydrogen-bond donors (Lipinski definition) is 1. The molecule has 0 atom stereocenters. The van der Waals surface area contributed by atoms with Crippen LogP contribution in [0.2, 0.25) is 0 Å². The lowest BCUT2D eigenvalue weighted by molar-refractivity contribution is 0.229. The maximum atomic E-state index is 4.13. The molecule has 1 aliphatic rings. The molecule has 0 amide bonds. The van der Waals surface area contributed by atoms with Gasteiger partial charge in [0.05, 0.1) is 18.1 Å². The van der Waals surface area contributed by atoms with Crippen LogP contribution < -0.4 is 5.32 Å². The molecule has 20 heavy (non-hydrogen) atoms. The standard InChI is InChI=1S/C15H21N5/c1-2-19-11-7-14(8-12-19)18-13-3-5-15(6-4-13)20-16-9-10-17-20/h3-6,9-10,14,18H,2,7-8,11-12H2,1H3. The third-order valence-electron chi connectivity index (χ3n) is 3.92. The predicted octanol–water partition coefficient (Wildman–Crippen LogP) is 2.16. The van der Waals surface area contributed by atoms with Gasteiger partial charge in [0.1, 0.15) is 0 Å². The summed E-state index contributed by atoms with van der Waals surface area (Å²) in [4.78, 5) is 4.13. The topological polar surface area (TPSA) is 46.0 Å². The number of rotatable bonds is 4. The van der Waals surface area contributed by atoms with E-state index in [0.29, 0.717) is 6.04 Å². The Morgan fingerprint density at radius 2 is 1.75 bits per heavy atom. The molecule has 1 aromatic carbocycles. The first-order valence-electron chi connectivity index (χ1n) is 7.31. The minimum atomic E-state index is 0.589. The van der Waals surface area contributed by atoms with Crippen molar-refractivity contribution in [2.45, 2.75) is 25.8 Å². The molecular formula is C15H21N5. The van der Waals surface area contributed by atoms with Crippen LogP contribution in [-0.2, 0) is 0 Å². The number of likely N-dealkylation sites (tertiary alicyclic amines) is 1. The lowest BCUT2D eigenvalue weighted by atomic mass is 10.0. The molecule has 1 fully saturated rings. The van der Waals surface area contributed by atoms with E-state index < -0.39 is 0 Å². The second kappa shape index (κ2) is 6.05. The molecule has 0 radical (unpaired) electrons. The Balaban J connectivity index is 1.59. The van der Waals surface area contributed by atoms with Crippen LogP contribution in [0.4, 0.5) is 5.69 Å². The molecule has 0 saturated carbocycles. The fourth-order valence-electron chi connectivity index (χ4n) is 2.67. The molecule has 1 saturated heterocycles. The summed E-state index contributed by atoms with van der Waals surface area (Å²) in [5.74, 6) is 0. The van der Waals surface area contributed by atoms with E-state index >= 15 is 0 Å². The summed E-state index contributed by atoms with van der Waals surface area (Å²) >= 11 is 0. The normalized spacial score (nSPS) is 17.2. The van der Waals surface area contributed by atoms with Gasteiger partial charge in [0.25, 0.3) is 0 Å². The van der Waals surface area contributed by atoms with Crippen molar-refractivity contribution >= 4 is 5.69 Å². The highest BCUT2D eigenvalue weighted by molar-refractivity contribution is 5.48. The van der Waals surface area contributed by atoms with Gasteiger partial charge in [-0.2, -0.15) is 15.0 Å². The van der Waals surface area contributed by atoms with E-state index in [4.69, 9.17) is 0 Å².